The van der Waals surface area contributed by atoms with Crippen LogP contribution in [0.3, 0.4) is 0 Å². The summed E-state index contributed by atoms with van der Waals surface area (Å²) in [5.41, 5.74) is 8.21. The largest absolute Gasteiger partial charge is 0.397 e. The van der Waals surface area contributed by atoms with E-state index in [1.807, 2.05) is 0 Å². The molecule has 5 nitrogen and oxygen atoms in total. The molecule has 2 aromatic rings. The van der Waals surface area contributed by atoms with Gasteiger partial charge in [-0.2, -0.15) is 0 Å². The predicted octanol–water partition coefficient (Wildman–Crippen LogP) is 0.917. The molecule has 0 spiro atoms. The van der Waals surface area contributed by atoms with Gasteiger partial charge in [-0.05, 0) is 12.1 Å². The molecule has 0 saturated heterocycles. The molecule has 6 heteroatoms. The lowest BCUT2D eigenvalue weighted by molar-refractivity contribution is 0.690. The van der Waals surface area contributed by atoms with Crippen molar-refractivity contribution < 1.29 is 4.21 Å². The Morgan fingerprint density at radius 3 is 2.80 bits per heavy atom. The van der Waals surface area contributed by atoms with E-state index in [1.54, 1.807) is 24.5 Å². The number of rotatable bonds is 2. The second kappa shape index (κ2) is 3.82. The van der Waals surface area contributed by atoms with Crippen molar-refractivity contribution in [3.05, 3.63) is 24.5 Å². The van der Waals surface area contributed by atoms with E-state index in [1.165, 1.54) is 6.26 Å². The number of hydrogen-bond acceptors (Lipinski definition) is 4. The molecule has 0 radical (unpaired) electrons. The maximum absolute atomic E-state index is 11.1. The van der Waals surface area contributed by atoms with E-state index in [0.29, 0.717) is 16.9 Å². The van der Waals surface area contributed by atoms with E-state index in [9.17, 15) is 4.21 Å². The van der Waals surface area contributed by atoms with Gasteiger partial charge in [-0.15, -0.1) is 0 Å². The summed E-state index contributed by atoms with van der Waals surface area (Å²) in [7, 11) is -1.18. The van der Waals surface area contributed by atoms with Gasteiger partial charge in [0, 0.05) is 18.6 Å². The van der Waals surface area contributed by atoms with Crippen LogP contribution in [0.5, 0.6) is 0 Å². The number of anilines is 2. The molecule has 78 valence electrons. The van der Waals surface area contributed by atoms with Gasteiger partial charge in [-0.1, -0.05) is 0 Å². The van der Waals surface area contributed by atoms with Crippen molar-refractivity contribution in [1.29, 1.82) is 0 Å². The summed E-state index contributed by atoms with van der Waals surface area (Å²) >= 11 is 0. The summed E-state index contributed by atoms with van der Waals surface area (Å²) in [6.07, 6.45) is 4.71. The average Bonchev–Trinajstić information content (AvgIpc) is 2.22. The van der Waals surface area contributed by atoms with Gasteiger partial charge in [0.05, 0.1) is 16.9 Å². The smallest absolute Gasteiger partial charge is 0.115 e. The minimum absolute atomic E-state index is 0.512. The highest BCUT2D eigenvalue weighted by Crippen LogP contribution is 2.26. The number of nitrogen functional groups attached to an aromatic ring is 1. The lowest BCUT2D eigenvalue weighted by Gasteiger charge is -2.08. The van der Waals surface area contributed by atoms with Crippen LogP contribution in [0.4, 0.5) is 11.4 Å². The van der Waals surface area contributed by atoms with E-state index in [-0.39, 0.29) is 0 Å². The fourth-order valence-corrected chi connectivity index (χ4v) is 1.81. The molecule has 0 aliphatic rings. The Morgan fingerprint density at radius 1 is 1.33 bits per heavy atom. The quantitative estimate of drug-likeness (QED) is 0.740. The summed E-state index contributed by atoms with van der Waals surface area (Å²) in [5, 5.41) is 0. The predicted molar refractivity (Wildman–Crippen MR) is 61.6 cm³/mol. The molecule has 1 aromatic carbocycles. The highest BCUT2D eigenvalue weighted by Gasteiger charge is 2.07. The Kier molecular flexibility index (Phi) is 2.51. The van der Waals surface area contributed by atoms with Crippen LogP contribution in [0.15, 0.2) is 24.5 Å². The van der Waals surface area contributed by atoms with Crippen LogP contribution < -0.4 is 10.5 Å². The second-order valence-electron chi connectivity index (χ2n) is 3.01. The Bertz CT molecular complexity index is 529. The molecule has 0 fully saturated rings. The molecule has 3 N–H and O–H groups in total. The standard InChI is InChI=1S/C9H10N4OS/c1-15(14)13-8-6(10)2-3-7-9(8)12-5-4-11-7/h2-5,13H,10H2,1H3. The lowest BCUT2D eigenvalue weighted by atomic mass is 10.2. The fraction of sp³-hybridized carbons (Fsp3) is 0.111. The molecule has 0 aliphatic heterocycles. The highest BCUT2D eigenvalue weighted by atomic mass is 32.2. The SMILES string of the molecule is CS(=O)Nc1c(N)ccc2nccnc12. The lowest BCUT2D eigenvalue weighted by Crippen LogP contribution is -2.05. The summed E-state index contributed by atoms with van der Waals surface area (Å²) < 4.78 is 13.9. The summed E-state index contributed by atoms with van der Waals surface area (Å²) in [6.45, 7) is 0. The molecule has 15 heavy (non-hydrogen) atoms. The van der Waals surface area contributed by atoms with Crippen molar-refractivity contribution in [3.8, 4) is 0 Å². The number of nitrogens with one attached hydrogen (secondary N) is 1. The van der Waals surface area contributed by atoms with E-state index in [2.05, 4.69) is 14.7 Å². The van der Waals surface area contributed by atoms with Gasteiger partial charge in [0.15, 0.2) is 0 Å². The average molecular weight is 222 g/mol. The zero-order valence-corrected chi connectivity index (χ0v) is 8.91. The van der Waals surface area contributed by atoms with E-state index >= 15 is 0 Å². The molecular weight excluding hydrogens is 212 g/mol. The minimum Gasteiger partial charge on any atom is -0.397 e. The van der Waals surface area contributed by atoms with Gasteiger partial charge in [-0.3, -0.25) is 9.97 Å². The van der Waals surface area contributed by atoms with Gasteiger partial charge >= 0.3 is 0 Å². The third-order valence-corrected chi connectivity index (χ3v) is 2.41. The van der Waals surface area contributed by atoms with Crippen LogP contribution in [-0.2, 0) is 11.0 Å². The van der Waals surface area contributed by atoms with Crippen molar-refractivity contribution in [2.45, 2.75) is 0 Å². The van der Waals surface area contributed by atoms with Crippen LogP contribution in [-0.4, -0.2) is 20.4 Å². The molecule has 0 bridgehead atoms. The van der Waals surface area contributed by atoms with Gasteiger partial charge in [-0.25, -0.2) is 4.21 Å². The molecule has 1 atom stereocenters. The molecular formula is C9H10N4OS. The van der Waals surface area contributed by atoms with E-state index in [4.69, 9.17) is 5.73 Å². The molecule has 1 aromatic heterocycles. The summed E-state index contributed by atoms with van der Waals surface area (Å²) in [4.78, 5) is 8.29. The first-order chi connectivity index (χ1) is 7.18. The van der Waals surface area contributed by atoms with E-state index in [0.717, 1.165) is 5.52 Å². The number of nitrogens with zero attached hydrogens (tertiary/aromatic N) is 2. The van der Waals surface area contributed by atoms with Crippen LogP contribution >= 0.6 is 0 Å². The first-order valence-electron chi connectivity index (χ1n) is 4.28. The monoisotopic (exact) mass is 222 g/mol. The van der Waals surface area contributed by atoms with Crippen LogP contribution in [0.2, 0.25) is 0 Å². The summed E-state index contributed by atoms with van der Waals surface area (Å²) in [5.74, 6) is 0. The summed E-state index contributed by atoms with van der Waals surface area (Å²) in [6, 6.07) is 3.49. The maximum atomic E-state index is 11.1. The number of hydrogen-bond donors (Lipinski definition) is 2. The van der Waals surface area contributed by atoms with Crippen LogP contribution in [0.25, 0.3) is 11.0 Å². The van der Waals surface area contributed by atoms with Crippen molar-refractivity contribution in [1.82, 2.24) is 9.97 Å². The first kappa shape index (κ1) is 9.85. The van der Waals surface area contributed by atoms with E-state index < -0.39 is 11.0 Å². The molecule has 1 heterocycles. The molecule has 0 saturated carbocycles. The van der Waals surface area contributed by atoms with Gasteiger partial charge in [0.25, 0.3) is 0 Å². The normalized spacial score (nSPS) is 12.6. The Balaban J connectivity index is 2.68. The maximum Gasteiger partial charge on any atom is 0.115 e. The number of aromatic nitrogens is 2. The highest BCUT2D eigenvalue weighted by molar-refractivity contribution is 7.85. The zero-order chi connectivity index (χ0) is 10.8. The number of nitrogens with two attached hydrogens (primary N) is 1. The third kappa shape index (κ3) is 1.89. The molecule has 1 unspecified atom stereocenters. The Hall–Kier alpha value is -1.69. The van der Waals surface area contributed by atoms with Crippen molar-refractivity contribution in [2.75, 3.05) is 16.7 Å². The zero-order valence-electron chi connectivity index (χ0n) is 8.10. The van der Waals surface area contributed by atoms with Gasteiger partial charge in [0.2, 0.25) is 0 Å². The minimum atomic E-state index is -1.18. The van der Waals surface area contributed by atoms with Crippen LogP contribution in [0.1, 0.15) is 0 Å². The van der Waals surface area contributed by atoms with Crippen molar-refractivity contribution in [3.63, 3.8) is 0 Å². The van der Waals surface area contributed by atoms with Crippen molar-refractivity contribution in [2.24, 2.45) is 0 Å². The molecule has 0 amide bonds. The Labute approximate surface area is 89.3 Å². The van der Waals surface area contributed by atoms with Gasteiger partial charge in [0.1, 0.15) is 16.5 Å². The Morgan fingerprint density at radius 2 is 2.07 bits per heavy atom. The van der Waals surface area contributed by atoms with Crippen molar-refractivity contribution >= 4 is 33.4 Å². The van der Waals surface area contributed by atoms with Crippen LogP contribution in [0, 0.1) is 0 Å². The number of benzene rings is 1. The van der Waals surface area contributed by atoms with Gasteiger partial charge < -0.3 is 10.5 Å². The topological polar surface area (TPSA) is 80.9 Å². The fourth-order valence-electron chi connectivity index (χ4n) is 1.30. The third-order valence-electron chi connectivity index (χ3n) is 1.92. The first-order valence-corrected chi connectivity index (χ1v) is 5.83. The second-order valence-corrected chi connectivity index (χ2v) is 4.12. The molecule has 2 rings (SSSR count). The number of fused-ring (bicyclic) bond motifs is 1. The molecule has 0 aliphatic carbocycles.